The van der Waals surface area contributed by atoms with E-state index in [4.69, 9.17) is 23.7 Å². The van der Waals surface area contributed by atoms with Crippen LogP contribution in [0.25, 0.3) is 0 Å². The summed E-state index contributed by atoms with van der Waals surface area (Å²) in [7, 11) is 4.64. The van der Waals surface area contributed by atoms with E-state index in [1.807, 2.05) is 44.2 Å². The first kappa shape index (κ1) is 50.6. The summed E-state index contributed by atoms with van der Waals surface area (Å²) in [5.41, 5.74) is 2.57. The summed E-state index contributed by atoms with van der Waals surface area (Å²) in [5.74, 6) is -7.72. The molecule has 14 nitrogen and oxygen atoms in total. The molecule has 5 rings (SSSR count). The van der Waals surface area contributed by atoms with Crippen LogP contribution < -0.4 is 0 Å². The lowest BCUT2D eigenvalue weighted by atomic mass is 9.81. The summed E-state index contributed by atoms with van der Waals surface area (Å²) in [5, 5.41) is 34.6. The average Bonchev–Trinajstić information content (AvgIpc) is 3.27. The summed E-state index contributed by atoms with van der Waals surface area (Å²) in [6.45, 7) is 9.35. The largest absolute Gasteiger partial charge is 0.456 e. The average molecular weight is 883 g/mol. The Balaban J connectivity index is 1.54. The Bertz CT molecular complexity index is 1750. The van der Waals surface area contributed by atoms with Gasteiger partial charge in [-0.15, -0.1) is 0 Å². The van der Waals surface area contributed by atoms with E-state index < -0.39 is 83.9 Å². The number of ether oxygens (including phenoxy) is 5. The molecule has 3 N–H and O–H groups in total. The number of cyclic esters (lactones) is 1. The van der Waals surface area contributed by atoms with Crippen LogP contribution in [-0.2, 0) is 49.3 Å². The van der Waals surface area contributed by atoms with Gasteiger partial charge in [0.2, 0.25) is 5.79 Å². The Morgan fingerprint density at radius 2 is 1.63 bits per heavy atom. The molecule has 2 bridgehead atoms. The monoisotopic (exact) mass is 883 g/mol. The molecule has 2 saturated heterocycles. The van der Waals surface area contributed by atoms with Crippen LogP contribution in [0.2, 0.25) is 0 Å². The Labute approximate surface area is 374 Å². The van der Waals surface area contributed by atoms with Gasteiger partial charge in [-0.3, -0.25) is 19.4 Å². The lowest BCUT2D eigenvalue weighted by Crippen LogP contribution is -2.64. The third kappa shape index (κ3) is 12.7. The third-order valence-electron chi connectivity index (χ3n) is 14.1. The van der Waals surface area contributed by atoms with Gasteiger partial charge in [0, 0.05) is 63.9 Å². The Morgan fingerprint density at radius 3 is 2.32 bits per heavy atom. The van der Waals surface area contributed by atoms with E-state index in [9.17, 15) is 34.5 Å². The number of aromatic nitrogens is 1. The molecule has 3 aliphatic heterocycles. The molecule has 1 aliphatic carbocycles. The van der Waals surface area contributed by atoms with E-state index in [2.05, 4.69) is 11.9 Å². The Hall–Kier alpha value is -3.37. The highest BCUT2D eigenvalue weighted by atomic mass is 16.7. The highest BCUT2D eigenvalue weighted by molar-refractivity contribution is 6.39. The number of nitrogens with zero attached hydrogens (tertiary/aromatic N) is 2. The van der Waals surface area contributed by atoms with Crippen LogP contribution in [0.15, 0.2) is 47.7 Å². The van der Waals surface area contributed by atoms with E-state index in [0.717, 1.165) is 11.3 Å². The second-order valence-corrected chi connectivity index (χ2v) is 19.0. The van der Waals surface area contributed by atoms with Crippen molar-refractivity contribution in [3.63, 3.8) is 0 Å². The molecule has 0 aromatic carbocycles. The summed E-state index contributed by atoms with van der Waals surface area (Å²) in [4.78, 5) is 63.1. The molecule has 352 valence electrons. The highest BCUT2D eigenvalue weighted by Crippen LogP contribution is 2.39. The van der Waals surface area contributed by atoms with Crippen molar-refractivity contribution in [1.82, 2.24) is 9.88 Å². The predicted molar refractivity (Wildman–Crippen MR) is 235 cm³/mol. The zero-order valence-electron chi connectivity index (χ0n) is 38.8. The van der Waals surface area contributed by atoms with Crippen LogP contribution in [-0.4, -0.2) is 131 Å². The number of rotatable bonds is 9. The zero-order chi connectivity index (χ0) is 46.0. The molecule has 4 aliphatic rings. The topological polar surface area (TPSA) is 191 Å². The van der Waals surface area contributed by atoms with Gasteiger partial charge < -0.3 is 43.9 Å². The van der Waals surface area contributed by atoms with Crippen molar-refractivity contribution in [1.29, 1.82) is 0 Å². The molecule has 1 aromatic heterocycles. The molecule has 4 heterocycles. The number of carbonyl (C=O) groups excluding carboxylic acids is 4. The van der Waals surface area contributed by atoms with Gasteiger partial charge in [-0.25, -0.2) is 4.79 Å². The number of Topliss-reactive ketones (excluding diaryl/α,β-unsaturated/α-hetero) is 2. The molecule has 14 heteroatoms. The van der Waals surface area contributed by atoms with Gasteiger partial charge in [0.15, 0.2) is 0 Å². The maximum atomic E-state index is 14.5. The van der Waals surface area contributed by atoms with Gasteiger partial charge in [0.1, 0.15) is 24.0 Å². The third-order valence-corrected chi connectivity index (χ3v) is 14.1. The van der Waals surface area contributed by atoms with Crippen LogP contribution >= 0.6 is 0 Å². The number of esters is 1. The number of fused-ring (bicyclic) bond motifs is 3. The molecule has 2 unspecified atom stereocenters. The minimum Gasteiger partial charge on any atom is -0.456 e. The Kier molecular flexibility index (Phi) is 18.6. The predicted octanol–water partition coefficient (Wildman–Crippen LogP) is 5.48. The van der Waals surface area contributed by atoms with E-state index in [-0.39, 0.29) is 49.5 Å². The van der Waals surface area contributed by atoms with Crippen molar-refractivity contribution in [2.45, 2.75) is 173 Å². The minimum absolute atomic E-state index is 0.000426. The van der Waals surface area contributed by atoms with Crippen molar-refractivity contribution in [2.75, 3.05) is 27.9 Å². The first-order chi connectivity index (χ1) is 30.0. The minimum atomic E-state index is -2.52. The standard InChI is InChI=1S/C49H74N2O12/c1-29-22-30(2)24-42(60-7)45-43(61-8)26-32(4)49(58,63-45)46(55)47(56)51-21-12-10-17-37(51)48(57)62-44(31(3)25-34-18-19-38(52)41(27-34)59-6)33(5)39(53)28-40(54)35(23-29)14-13-16-36-15-9-11-20-50-36/h9,11,15,20,23,25,30,32-35,37-39,41-45,52-53,58H,10,12-14,16-19,21-22,24,26-28H2,1-8H3/b29-23+,31-25+/t30-,32+,33+,34-,35+,37-,38+,39-,41+,42?,43?,44+,45+,49+/m0/s1. The van der Waals surface area contributed by atoms with E-state index in [1.54, 1.807) is 27.2 Å². The zero-order valence-corrected chi connectivity index (χ0v) is 38.8. The fraction of sp³-hybridized carbons (Fsp3) is 0.735. The van der Waals surface area contributed by atoms with Crippen LogP contribution in [0.1, 0.15) is 117 Å². The first-order valence-electron chi connectivity index (χ1n) is 23.2. The molecule has 1 saturated carbocycles. The molecule has 3 fully saturated rings. The van der Waals surface area contributed by atoms with Crippen molar-refractivity contribution < 1.29 is 58.2 Å². The summed E-state index contributed by atoms with van der Waals surface area (Å²) >= 11 is 0. The smallest absolute Gasteiger partial charge is 0.329 e. The molecular formula is C49H74N2O12. The van der Waals surface area contributed by atoms with E-state index >= 15 is 0 Å². The second kappa shape index (κ2) is 23.2. The molecule has 1 aromatic rings. The fourth-order valence-corrected chi connectivity index (χ4v) is 10.3. The number of amides is 1. The van der Waals surface area contributed by atoms with Crippen LogP contribution in [0, 0.1) is 29.6 Å². The van der Waals surface area contributed by atoms with Crippen molar-refractivity contribution in [2.24, 2.45) is 29.6 Å². The highest BCUT2D eigenvalue weighted by Gasteiger charge is 2.56. The SMILES string of the molecule is COC1C[C@@H](C)C/C(C)=C/[C@@H](CCCc2ccccn2)C(=O)C[C@H](O)[C@@H](C)[C@@H](/C(C)=C/[C@@H]2CC[C@@H](O)[C@H](OC)C2)OC(=O)[C@@H]2CCCCN2C(=O)C(=O)[C@]2(O)O[C@H]1C(OC)C[C@H]2C. The number of pyridine rings is 1. The summed E-state index contributed by atoms with van der Waals surface area (Å²) < 4.78 is 30.0. The number of hydrogen-bond donors (Lipinski definition) is 3. The van der Waals surface area contributed by atoms with E-state index in [1.165, 1.54) is 19.1 Å². The molecule has 0 spiro atoms. The summed E-state index contributed by atoms with van der Waals surface area (Å²) in [6, 6.07) is 4.62. The van der Waals surface area contributed by atoms with Crippen molar-refractivity contribution in [3.8, 4) is 0 Å². The molecule has 0 radical (unpaired) electrons. The van der Waals surface area contributed by atoms with E-state index in [0.29, 0.717) is 69.8 Å². The number of carbonyl (C=O) groups is 4. The summed E-state index contributed by atoms with van der Waals surface area (Å²) in [6.07, 6.45) is 6.56. The number of aliphatic hydroxyl groups is 3. The van der Waals surface area contributed by atoms with Crippen molar-refractivity contribution in [3.05, 3.63) is 53.4 Å². The lowest BCUT2D eigenvalue weighted by molar-refractivity contribution is -0.302. The number of ketones is 2. The van der Waals surface area contributed by atoms with Gasteiger partial charge in [-0.2, -0.15) is 0 Å². The maximum absolute atomic E-state index is 14.5. The number of allylic oxidation sites excluding steroid dienone is 3. The molecule has 1 amide bonds. The number of aryl methyl sites for hydroxylation is 1. The fourth-order valence-electron chi connectivity index (χ4n) is 10.3. The molecular weight excluding hydrogens is 809 g/mol. The number of methoxy groups -OCH3 is 3. The molecule has 14 atom stereocenters. The van der Waals surface area contributed by atoms with Gasteiger partial charge in [0.25, 0.3) is 11.7 Å². The van der Waals surface area contributed by atoms with Crippen LogP contribution in [0.4, 0.5) is 0 Å². The normalized spacial score (nSPS) is 38.2. The van der Waals surface area contributed by atoms with Gasteiger partial charge >= 0.3 is 5.97 Å². The van der Waals surface area contributed by atoms with Gasteiger partial charge in [-0.05, 0) is 120 Å². The number of aliphatic hydroxyl groups excluding tert-OH is 2. The second-order valence-electron chi connectivity index (χ2n) is 19.0. The first-order valence-corrected chi connectivity index (χ1v) is 23.2. The number of piperidine rings is 1. The van der Waals surface area contributed by atoms with Gasteiger partial charge in [-0.1, -0.05) is 44.6 Å². The Morgan fingerprint density at radius 1 is 0.921 bits per heavy atom. The maximum Gasteiger partial charge on any atom is 0.329 e. The van der Waals surface area contributed by atoms with Crippen molar-refractivity contribution >= 4 is 23.4 Å². The van der Waals surface area contributed by atoms with Crippen LogP contribution in [0.3, 0.4) is 0 Å². The number of hydrogen-bond acceptors (Lipinski definition) is 13. The quantitative estimate of drug-likeness (QED) is 0.161. The van der Waals surface area contributed by atoms with Crippen LogP contribution in [0.5, 0.6) is 0 Å². The van der Waals surface area contributed by atoms with Gasteiger partial charge in [0.05, 0.1) is 30.5 Å². The molecule has 63 heavy (non-hydrogen) atoms. The lowest BCUT2D eigenvalue weighted by Gasteiger charge is -2.47.